The van der Waals surface area contributed by atoms with Gasteiger partial charge in [-0.1, -0.05) is 27.7 Å². The van der Waals surface area contributed by atoms with E-state index < -0.39 is 5.97 Å². The standard InChI is InChI=1S/C13H27NO2/c1-9(11(15)16)10(2)14-13(6,7)8-12(3,4)5/h9-10,14H,8H2,1-7H3,(H,15,16). The number of rotatable bonds is 5. The molecule has 0 heterocycles. The smallest absolute Gasteiger partial charge is 0.307 e. The van der Waals surface area contributed by atoms with Crippen molar-refractivity contribution < 1.29 is 9.90 Å². The van der Waals surface area contributed by atoms with Gasteiger partial charge in [-0.15, -0.1) is 0 Å². The van der Waals surface area contributed by atoms with Gasteiger partial charge in [-0.05, 0) is 32.6 Å². The van der Waals surface area contributed by atoms with Gasteiger partial charge in [-0.2, -0.15) is 0 Å². The second kappa shape index (κ2) is 5.17. The van der Waals surface area contributed by atoms with E-state index in [2.05, 4.69) is 39.9 Å². The minimum absolute atomic E-state index is 0.0187. The number of carboxylic acid groups (broad SMARTS) is 1. The van der Waals surface area contributed by atoms with Crippen molar-refractivity contribution in [1.29, 1.82) is 0 Å². The number of hydrogen-bond acceptors (Lipinski definition) is 2. The van der Waals surface area contributed by atoms with Crippen LogP contribution in [-0.4, -0.2) is 22.7 Å². The molecular formula is C13H27NO2. The molecule has 0 aromatic rings. The van der Waals surface area contributed by atoms with Crippen molar-refractivity contribution in [2.75, 3.05) is 0 Å². The summed E-state index contributed by atoms with van der Waals surface area (Å²) < 4.78 is 0. The van der Waals surface area contributed by atoms with Crippen LogP contribution in [0, 0.1) is 11.3 Å². The molecule has 3 nitrogen and oxygen atoms in total. The summed E-state index contributed by atoms with van der Waals surface area (Å²) in [7, 11) is 0. The molecule has 3 heteroatoms. The van der Waals surface area contributed by atoms with E-state index in [0.29, 0.717) is 0 Å². The zero-order valence-corrected chi connectivity index (χ0v) is 11.7. The van der Waals surface area contributed by atoms with E-state index in [1.54, 1.807) is 6.92 Å². The Labute approximate surface area is 99.6 Å². The number of hydrogen-bond donors (Lipinski definition) is 2. The zero-order valence-electron chi connectivity index (χ0n) is 11.7. The van der Waals surface area contributed by atoms with E-state index >= 15 is 0 Å². The van der Waals surface area contributed by atoms with Gasteiger partial charge in [0.15, 0.2) is 0 Å². The van der Waals surface area contributed by atoms with Gasteiger partial charge in [0.05, 0.1) is 5.92 Å². The van der Waals surface area contributed by atoms with Crippen LogP contribution < -0.4 is 5.32 Å². The Kier molecular flexibility index (Phi) is 4.99. The van der Waals surface area contributed by atoms with Crippen molar-refractivity contribution in [3.8, 4) is 0 Å². The molecule has 2 N–H and O–H groups in total. The monoisotopic (exact) mass is 229 g/mol. The molecule has 0 aliphatic carbocycles. The van der Waals surface area contributed by atoms with E-state index in [-0.39, 0.29) is 22.9 Å². The first-order valence-electron chi connectivity index (χ1n) is 5.95. The molecule has 0 saturated carbocycles. The highest BCUT2D eigenvalue weighted by atomic mass is 16.4. The van der Waals surface area contributed by atoms with Crippen LogP contribution in [0.2, 0.25) is 0 Å². The molecule has 2 unspecified atom stereocenters. The maximum absolute atomic E-state index is 10.9. The highest BCUT2D eigenvalue weighted by Crippen LogP contribution is 2.27. The number of carbonyl (C=O) groups is 1. The summed E-state index contributed by atoms with van der Waals surface area (Å²) in [5.74, 6) is -1.11. The molecule has 0 aromatic heterocycles. The van der Waals surface area contributed by atoms with Crippen molar-refractivity contribution in [3.05, 3.63) is 0 Å². The predicted molar refractivity (Wildman–Crippen MR) is 67.5 cm³/mol. The Balaban J connectivity index is 4.41. The molecule has 0 aliphatic heterocycles. The van der Waals surface area contributed by atoms with Crippen molar-refractivity contribution in [2.24, 2.45) is 11.3 Å². The normalized spacial score (nSPS) is 16.9. The van der Waals surface area contributed by atoms with Gasteiger partial charge in [0.1, 0.15) is 0 Å². The van der Waals surface area contributed by atoms with E-state index in [1.165, 1.54) is 0 Å². The largest absolute Gasteiger partial charge is 0.481 e. The van der Waals surface area contributed by atoms with Gasteiger partial charge in [-0.3, -0.25) is 4.79 Å². The van der Waals surface area contributed by atoms with E-state index in [0.717, 1.165) is 6.42 Å². The SMILES string of the molecule is CC(NC(C)(C)CC(C)(C)C)C(C)C(=O)O. The van der Waals surface area contributed by atoms with Crippen LogP contribution in [0.3, 0.4) is 0 Å². The van der Waals surface area contributed by atoms with Crippen LogP contribution >= 0.6 is 0 Å². The molecule has 0 saturated heterocycles. The first kappa shape index (κ1) is 15.4. The van der Waals surface area contributed by atoms with Gasteiger partial charge in [0.25, 0.3) is 0 Å². The highest BCUT2D eigenvalue weighted by molar-refractivity contribution is 5.70. The molecular weight excluding hydrogens is 202 g/mol. The first-order chi connectivity index (χ1) is 6.94. The van der Waals surface area contributed by atoms with Crippen LogP contribution in [0.15, 0.2) is 0 Å². The summed E-state index contributed by atoms with van der Waals surface area (Å²) in [5.41, 5.74) is 0.198. The average molecular weight is 229 g/mol. The van der Waals surface area contributed by atoms with Crippen LogP contribution in [0.5, 0.6) is 0 Å². The molecule has 0 radical (unpaired) electrons. The first-order valence-corrected chi connectivity index (χ1v) is 5.95. The van der Waals surface area contributed by atoms with Crippen LogP contribution in [0.25, 0.3) is 0 Å². The van der Waals surface area contributed by atoms with Crippen LogP contribution in [0.1, 0.15) is 54.9 Å². The molecule has 0 aliphatic rings. The van der Waals surface area contributed by atoms with Crippen molar-refractivity contribution in [3.63, 3.8) is 0 Å². The summed E-state index contributed by atoms with van der Waals surface area (Å²) >= 11 is 0. The molecule has 96 valence electrons. The lowest BCUT2D eigenvalue weighted by molar-refractivity contribution is -0.142. The average Bonchev–Trinajstić information content (AvgIpc) is 1.96. The fourth-order valence-electron chi connectivity index (χ4n) is 2.33. The Morgan fingerprint density at radius 1 is 1.19 bits per heavy atom. The zero-order chi connectivity index (χ0) is 13.1. The molecule has 0 bridgehead atoms. The van der Waals surface area contributed by atoms with Gasteiger partial charge < -0.3 is 10.4 Å². The molecule has 0 spiro atoms. The summed E-state index contributed by atoms with van der Waals surface area (Å²) in [5, 5.41) is 12.4. The highest BCUT2D eigenvalue weighted by Gasteiger charge is 2.29. The quantitative estimate of drug-likeness (QED) is 0.762. The Bertz CT molecular complexity index is 241. The minimum Gasteiger partial charge on any atom is -0.481 e. The maximum atomic E-state index is 10.9. The summed E-state index contributed by atoms with van der Waals surface area (Å²) in [6.45, 7) is 14.5. The van der Waals surface area contributed by atoms with Gasteiger partial charge in [0, 0.05) is 11.6 Å². The lowest BCUT2D eigenvalue weighted by Crippen LogP contribution is -2.50. The summed E-state index contributed by atoms with van der Waals surface area (Å²) in [4.78, 5) is 10.9. The topological polar surface area (TPSA) is 49.3 Å². The van der Waals surface area contributed by atoms with Crippen LogP contribution in [0.4, 0.5) is 0 Å². The molecule has 2 atom stereocenters. The van der Waals surface area contributed by atoms with Crippen molar-refractivity contribution in [1.82, 2.24) is 5.32 Å². The van der Waals surface area contributed by atoms with E-state index in [1.807, 2.05) is 6.92 Å². The van der Waals surface area contributed by atoms with E-state index in [4.69, 9.17) is 5.11 Å². The number of carboxylic acids is 1. The predicted octanol–water partition coefficient (Wildman–Crippen LogP) is 2.90. The lowest BCUT2D eigenvalue weighted by atomic mass is 9.81. The third-order valence-electron chi connectivity index (χ3n) is 2.73. The van der Waals surface area contributed by atoms with Crippen molar-refractivity contribution in [2.45, 2.75) is 66.5 Å². The molecule has 16 heavy (non-hydrogen) atoms. The molecule has 0 fully saturated rings. The molecule has 0 aromatic carbocycles. The van der Waals surface area contributed by atoms with Crippen molar-refractivity contribution >= 4 is 5.97 Å². The summed E-state index contributed by atoms with van der Waals surface area (Å²) in [6.07, 6.45) is 1.01. The Morgan fingerprint density at radius 2 is 1.62 bits per heavy atom. The second-order valence-electron chi connectivity index (χ2n) is 6.68. The summed E-state index contributed by atoms with van der Waals surface area (Å²) in [6, 6.07) is -0.0187. The fourth-order valence-corrected chi connectivity index (χ4v) is 2.33. The molecule has 0 rings (SSSR count). The lowest BCUT2D eigenvalue weighted by Gasteiger charge is -2.36. The third kappa shape index (κ3) is 6.11. The van der Waals surface area contributed by atoms with E-state index in [9.17, 15) is 4.79 Å². The minimum atomic E-state index is -0.744. The van der Waals surface area contributed by atoms with Crippen LogP contribution in [-0.2, 0) is 4.79 Å². The van der Waals surface area contributed by atoms with Gasteiger partial charge in [0.2, 0.25) is 0 Å². The Morgan fingerprint density at radius 3 is 1.94 bits per heavy atom. The molecule has 0 amide bonds. The number of nitrogens with one attached hydrogen (secondary N) is 1. The maximum Gasteiger partial charge on any atom is 0.307 e. The number of aliphatic carboxylic acids is 1. The van der Waals surface area contributed by atoms with Gasteiger partial charge >= 0.3 is 5.97 Å². The second-order valence-corrected chi connectivity index (χ2v) is 6.68. The third-order valence-corrected chi connectivity index (χ3v) is 2.73. The van der Waals surface area contributed by atoms with Gasteiger partial charge in [-0.25, -0.2) is 0 Å². The fraction of sp³-hybridized carbons (Fsp3) is 0.923. The Hall–Kier alpha value is -0.570.